The molecule has 0 radical (unpaired) electrons. The maximum absolute atomic E-state index is 6.21. The van der Waals surface area contributed by atoms with Crippen LogP contribution in [0.25, 0.3) is 10.9 Å². The first-order valence-electron chi connectivity index (χ1n) is 6.56. The fraction of sp³-hybridized carbons (Fsp3) is 0.118. The number of ether oxygens (including phenoxy) is 1. The van der Waals surface area contributed by atoms with Crippen LogP contribution in [0.3, 0.4) is 0 Å². The van der Waals surface area contributed by atoms with Gasteiger partial charge in [-0.3, -0.25) is 0 Å². The molecule has 0 saturated heterocycles. The van der Waals surface area contributed by atoms with Crippen LogP contribution in [-0.4, -0.2) is 4.98 Å². The van der Waals surface area contributed by atoms with Gasteiger partial charge in [-0.05, 0) is 36.8 Å². The Kier molecular flexibility index (Phi) is 4.13. The Hall–Kier alpha value is -1.58. The van der Waals surface area contributed by atoms with Crippen molar-refractivity contribution in [3.63, 3.8) is 0 Å². The van der Waals surface area contributed by atoms with E-state index in [0.29, 0.717) is 10.8 Å². The van der Waals surface area contributed by atoms with Crippen molar-refractivity contribution in [1.82, 2.24) is 4.98 Å². The largest absolute Gasteiger partial charge is 0.455 e. The summed E-state index contributed by atoms with van der Waals surface area (Å²) in [6.45, 7) is 1.97. The van der Waals surface area contributed by atoms with E-state index in [1.54, 1.807) is 0 Å². The number of aryl methyl sites for hydroxylation is 1. The molecule has 2 aromatic carbocycles. The monoisotopic (exact) mass is 361 g/mol. The van der Waals surface area contributed by atoms with Gasteiger partial charge in [0.1, 0.15) is 11.3 Å². The third kappa shape index (κ3) is 3.04. The second-order valence-electron chi connectivity index (χ2n) is 4.77. The molecule has 2 nitrogen and oxygen atoms in total. The Bertz CT molecular complexity index is 804. The minimum absolute atomic E-state index is 0.689. The van der Waals surface area contributed by atoms with Crippen LogP contribution in [0.2, 0.25) is 5.02 Å². The number of alkyl halides is 1. The van der Waals surface area contributed by atoms with Crippen LogP contribution < -0.4 is 4.74 Å². The summed E-state index contributed by atoms with van der Waals surface area (Å²) < 4.78 is 5.96. The number of hydrogen-bond acceptors (Lipinski definition) is 2. The zero-order valence-corrected chi connectivity index (χ0v) is 13.8. The predicted molar refractivity (Wildman–Crippen MR) is 90.6 cm³/mol. The van der Waals surface area contributed by atoms with Crippen molar-refractivity contribution in [3.05, 3.63) is 64.8 Å². The molecule has 1 aromatic heterocycles. The van der Waals surface area contributed by atoms with Gasteiger partial charge in [-0.15, -0.1) is 0 Å². The van der Waals surface area contributed by atoms with Gasteiger partial charge in [-0.25, -0.2) is 4.98 Å². The first-order chi connectivity index (χ1) is 10.2. The Morgan fingerprint density at radius 2 is 2.00 bits per heavy atom. The minimum Gasteiger partial charge on any atom is -0.455 e. The van der Waals surface area contributed by atoms with Crippen molar-refractivity contribution in [1.29, 1.82) is 0 Å². The van der Waals surface area contributed by atoms with Crippen molar-refractivity contribution >= 4 is 38.4 Å². The van der Waals surface area contributed by atoms with Crippen molar-refractivity contribution in [2.75, 3.05) is 0 Å². The summed E-state index contributed by atoms with van der Waals surface area (Å²) >= 11 is 9.62. The van der Waals surface area contributed by atoms with Crippen LogP contribution in [-0.2, 0) is 5.33 Å². The lowest BCUT2D eigenvalue weighted by atomic mass is 10.2. The second kappa shape index (κ2) is 6.04. The average molecular weight is 363 g/mol. The molecule has 0 bridgehead atoms. The maximum Gasteiger partial charge on any atom is 0.153 e. The highest BCUT2D eigenvalue weighted by atomic mass is 79.9. The Morgan fingerprint density at radius 3 is 2.76 bits per heavy atom. The lowest BCUT2D eigenvalue weighted by Crippen LogP contribution is -1.90. The number of pyridine rings is 1. The molecule has 0 aliphatic rings. The number of hydrogen-bond donors (Lipinski definition) is 0. The summed E-state index contributed by atoms with van der Waals surface area (Å²) in [5.41, 5.74) is 2.86. The molecule has 0 aliphatic carbocycles. The lowest BCUT2D eigenvalue weighted by molar-refractivity contribution is 0.487. The fourth-order valence-corrected chi connectivity index (χ4v) is 3.01. The van der Waals surface area contributed by atoms with Crippen molar-refractivity contribution < 1.29 is 4.74 Å². The summed E-state index contributed by atoms with van der Waals surface area (Å²) in [5, 5.41) is 2.47. The molecule has 3 rings (SSSR count). The van der Waals surface area contributed by atoms with Gasteiger partial charge >= 0.3 is 0 Å². The molecule has 4 heteroatoms. The summed E-state index contributed by atoms with van der Waals surface area (Å²) in [6, 6.07) is 15.6. The van der Waals surface area contributed by atoms with Crippen molar-refractivity contribution in [2.24, 2.45) is 0 Å². The summed E-state index contributed by atoms with van der Waals surface area (Å²) in [6.07, 6.45) is 0. The van der Waals surface area contributed by atoms with Crippen molar-refractivity contribution in [3.8, 4) is 11.5 Å². The van der Waals surface area contributed by atoms with Crippen LogP contribution in [0.5, 0.6) is 11.5 Å². The number of para-hydroxylation sites is 1. The van der Waals surface area contributed by atoms with E-state index < -0.39 is 0 Å². The SMILES string of the molecule is Cc1ccc2cccc(Oc3ccc(CBr)c(Cl)c3)c2n1. The smallest absolute Gasteiger partial charge is 0.153 e. The van der Waals surface area contributed by atoms with Crippen molar-refractivity contribution in [2.45, 2.75) is 12.3 Å². The van der Waals surface area contributed by atoms with Gasteiger partial charge in [0.15, 0.2) is 5.75 Å². The highest BCUT2D eigenvalue weighted by Gasteiger charge is 2.07. The van der Waals surface area contributed by atoms with Crippen LogP contribution >= 0.6 is 27.5 Å². The Balaban J connectivity index is 2.01. The van der Waals surface area contributed by atoms with E-state index in [2.05, 4.69) is 20.9 Å². The number of rotatable bonds is 3. The number of nitrogens with zero attached hydrogens (tertiary/aromatic N) is 1. The highest BCUT2D eigenvalue weighted by molar-refractivity contribution is 9.08. The number of benzene rings is 2. The van der Waals surface area contributed by atoms with Crippen LogP contribution in [0.15, 0.2) is 48.5 Å². The topological polar surface area (TPSA) is 22.1 Å². The fourth-order valence-electron chi connectivity index (χ4n) is 2.13. The van der Waals surface area contributed by atoms with E-state index in [1.165, 1.54) is 0 Å². The molecule has 0 amide bonds. The van der Waals surface area contributed by atoms with Gasteiger partial charge < -0.3 is 4.74 Å². The Morgan fingerprint density at radius 1 is 1.14 bits per heavy atom. The van der Waals surface area contributed by atoms with Crippen LogP contribution in [0, 0.1) is 6.92 Å². The second-order valence-corrected chi connectivity index (χ2v) is 5.74. The summed E-state index contributed by atoms with van der Waals surface area (Å²) in [4.78, 5) is 4.56. The molecule has 0 aliphatic heterocycles. The molecule has 0 saturated carbocycles. The molecule has 1 heterocycles. The number of fused-ring (bicyclic) bond motifs is 1. The highest BCUT2D eigenvalue weighted by Crippen LogP contribution is 2.31. The molecule has 0 fully saturated rings. The van der Waals surface area contributed by atoms with E-state index >= 15 is 0 Å². The van der Waals surface area contributed by atoms with Gasteiger partial charge in [-0.2, -0.15) is 0 Å². The third-order valence-corrected chi connectivity index (χ3v) is 4.17. The zero-order chi connectivity index (χ0) is 14.8. The summed E-state index contributed by atoms with van der Waals surface area (Å²) in [5.74, 6) is 1.44. The standard InChI is InChI=1S/C17H13BrClNO/c1-11-5-6-12-3-2-4-16(17(12)20-11)21-14-8-7-13(10-18)15(19)9-14/h2-9H,10H2,1H3. The van der Waals surface area contributed by atoms with Gasteiger partial charge in [-0.1, -0.05) is 51.8 Å². The molecular weight excluding hydrogens is 350 g/mol. The third-order valence-electron chi connectivity index (χ3n) is 3.22. The molecule has 0 spiro atoms. The van der Waals surface area contributed by atoms with Gasteiger partial charge in [0.25, 0.3) is 0 Å². The number of aromatic nitrogens is 1. The van der Waals surface area contributed by atoms with Gasteiger partial charge in [0, 0.05) is 21.4 Å². The maximum atomic E-state index is 6.21. The van der Waals surface area contributed by atoms with E-state index in [4.69, 9.17) is 16.3 Å². The summed E-state index contributed by atoms with van der Waals surface area (Å²) in [7, 11) is 0. The Labute approximate surface area is 136 Å². The molecule has 0 N–H and O–H groups in total. The minimum atomic E-state index is 0.689. The molecule has 0 unspecified atom stereocenters. The van der Waals surface area contributed by atoms with E-state index in [1.807, 2.05) is 55.5 Å². The first-order valence-corrected chi connectivity index (χ1v) is 8.06. The lowest BCUT2D eigenvalue weighted by Gasteiger charge is -2.10. The van der Waals surface area contributed by atoms with E-state index in [9.17, 15) is 0 Å². The average Bonchev–Trinajstić information content (AvgIpc) is 2.48. The van der Waals surface area contributed by atoms with Crippen LogP contribution in [0.1, 0.15) is 11.3 Å². The van der Waals surface area contributed by atoms with Gasteiger partial charge in [0.2, 0.25) is 0 Å². The normalized spacial score (nSPS) is 10.8. The van der Waals surface area contributed by atoms with E-state index in [0.717, 1.165) is 33.2 Å². The molecule has 21 heavy (non-hydrogen) atoms. The molecule has 106 valence electrons. The number of halogens is 2. The predicted octanol–water partition coefficient (Wildman–Crippen LogP) is 5.88. The zero-order valence-electron chi connectivity index (χ0n) is 11.4. The first kappa shape index (κ1) is 14.4. The molecule has 0 atom stereocenters. The molecular formula is C17H13BrClNO. The van der Waals surface area contributed by atoms with E-state index in [-0.39, 0.29) is 0 Å². The quantitative estimate of drug-likeness (QED) is 0.542. The molecule has 3 aromatic rings. The van der Waals surface area contributed by atoms with Gasteiger partial charge in [0.05, 0.1) is 0 Å². The van der Waals surface area contributed by atoms with Crippen LogP contribution in [0.4, 0.5) is 0 Å².